The molecule has 5 rings (SSSR count). The van der Waals surface area contributed by atoms with Crippen LogP contribution in [0.4, 0.5) is 5.69 Å². The molecule has 0 unspecified atom stereocenters. The summed E-state index contributed by atoms with van der Waals surface area (Å²) in [5.41, 5.74) is 2.19. The molecule has 7 nitrogen and oxygen atoms in total. The predicted molar refractivity (Wildman–Crippen MR) is 108 cm³/mol. The fraction of sp³-hybridized carbons (Fsp3) is 0.200. The second kappa shape index (κ2) is 6.42. The van der Waals surface area contributed by atoms with Crippen LogP contribution in [0.3, 0.4) is 0 Å². The zero-order valence-electron chi connectivity index (χ0n) is 15.1. The minimum absolute atomic E-state index is 0.0726. The second-order valence-electron chi connectivity index (χ2n) is 6.68. The molecule has 1 aromatic carbocycles. The Kier molecular flexibility index (Phi) is 3.87. The Morgan fingerprint density at radius 3 is 3.07 bits per heavy atom. The van der Waals surface area contributed by atoms with Crippen LogP contribution in [-0.4, -0.2) is 33.6 Å². The lowest BCUT2D eigenvalue weighted by atomic mass is 10.1. The first-order valence-corrected chi connectivity index (χ1v) is 9.70. The summed E-state index contributed by atoms with van der Waals surface area (Å²) >= 11 is 1.30. The monoisotopic (exact) mass is 392 g/mol. The van der Waals surface area contributed by atoms with Crippen molar-refractivity contribution in [1.82, 2.24) is 14.5 Å². The number of benzene rings is 1. The first kappa shape index (κ1) is 16.9. The van der Waals surface area contributed by atoms with Crippen LogP contribution in [0.1, 0.15) is 5.56 Å². The molecule has 1 aliphatic heterocycles. The van der Waals surface area contributed by atoms with E-state index in [0.717, 1.165) is 21.5 Å². The highest BCUT2D eigenvalue weighted by Crippen LogP contribution is 2.32. The Morgan fingerprint density at radius 1 is 1.29 bits per heavy atom. The van der Waals surface area contributed by atoms with Gasteiger partial charge in [-0.15, -0.1) is 11.3 Å². The van der Waals surface area contributed by atoms with E-state index in [-0.39, 0.29) is 18.0 Å². The van der Waals surface area contributed by atoms with Crippen LogP contribution < -0.4 is 15.2 Å². The molecule has 1 amide bonds. The van der Waals surface area contributed by atoms with Gasteiger partial charge in [-0.1, -0.05) is 6.07 Å². The van der Waals surface area contributed by atoms with Crippen molar-refractivity contribution in [3.63, 3.8) is 0 Å². The van der Waals surface area contributed by atoms with Crippen LogP contribution in [-0.2, 0) is 11.3 Å². The van der Waals surface area contributed by atoms with E-state index in [4.69, 9.17) is 4.74 Å². The SMILES string of the molecule is Cc1ccc2c(c1)N(C(=O)Cn1cnc3c(sc4ncccc43)c1=O)CCO2. The normalized spacial score (nSPS) is 13.5. The van der Waals surface area contributed by atoms with E-state index in [1.165, 1.54) is 22.2 Å². The standard InChI is InChI=1S/C20H16N4O3S/c1-12-4-5-15-14(9-12)24(7-8-27-15)16(25)10-23-11-22-17-13-3-2-6-21-19(13)28-18(17)20(23)26/h2-6,9,11H,7-8,10H2,1H3. The summed E-state index contributed by atoms with van der Waals surface area (Å²) in [4.78, 5) is 37.1. The van der Waals surface area contributed by atoms with Gasteiger partial charge in [-0.05, 0) is 36.8 Å². The molecular formula is C20H16N4O3S. The number of amides is 1. The van der Waals surface area contributed by atoms with Crippen molar-refractivity contribution in [3.8, 4) is 5.75 Å². The summed E-state index contributed by atoms with van der Waals surface area (Å²) in [6.07, 6.45) is 3.14. The number of ether oxygens (including phenoxy) is 1. The molecular weight excluding hydrogens is 376 g/mol. The number of nitrogens with zero attached hydrogens (tertiary/aromatic N) is 4. The molecule has 3 aromatic heterocycles. The van der Waals surface area contributed by atoms with Crippen molar-refractivity contribution in [2.24, 2.45) is 0 Å². The summed E-state index contributed by atoms with van der Waals surface area (Å²) < 4.78 is 7.53. The van der Waals surface area contributed by atoms with Gasteiger partial charge in [0.2, 0.25) is 5.91 Å². The summed E-state index contributed by atoms with van der Waals surface area (Å²) in [6.45, 7) is 2.77. The number of aromatic nitrogens is 3. The van der Waals surface area contributed by atoms with Crippen molar-refractivity contribution >= 4 is 43.4 Å². The molecule has 0 bridgehead atoms. The van der Waals surface area contributed by atoms with E-state index in [0.29, 0.717) is 29.1 Å². The zero-order valence-corrected chi connectivity index (χ0v) is 15.9. The summed E-state index contributed by atoms with van der Waals surface area (Å²) in [5, 5.41) is 0.857. The van der Waals surface area contributed by atoms with Gasteiger partial charge in [-0.25, -0.2) is 9.97 Å². The Morgan fingerprint density at radius 2 is 2.18 bits per heavy atom. The molecule has 8 heteroatoms. The molecule has 0 spiro atoms. The predicted octanol–water partition coefficient (Wildman–Crippen LogP) is 2.74. The van der Waals surface area contributed by atoms with Crippen LogP contribution in [0.5, 0.6) is 5.75 Å². The van der Waals surface area contributed by atoms with Gasteiger partial charge in [-0.2, -0.15) is 0 Å². The highest BCUT2D eigenvalue weighted by molar-refractivity contribution is 7.25. The van der Waals surface area contributed by atoms with Gasteiger partial charge in [0.1, 0.15) is 28.4 Å². The number of aryl methyl sites for hydroxylation is 1. The molecule has 28 heavy (non-hydrogen) atoms. The Hall–Kier alpha value is -3.26. The number of rotatable bonds is 2. The molecule has 1 aliphatic rings. The van der Waals surface area contributed by atoms with Crippen molar-refractivity contribution in [2.75, 3.05) is 18.1 Å². The fourth-order valence-electron chi connectivity index (χ4n) is 3.43. The molecule has 0 atom stereocenters. The molecule has 4 aromatic rings. The minimum atomic E-state index is -0.223. The lowest BCUT2D eigenvalue weighted by molar-refractivity contribution is -0.119. The van der Waals surface area contributed by atoms with Gasteiger partial charge < -0.3 is 9.64 Å². The molecule has 140 valence electrons. The Balaban J connectivity index is 1.52. The number of fused-ring (bicyclic) bond motifs is 4. The molecule has 4 heterocycles. The Bertz CT molecular complexity index is 1290. The number of hydrogen-bond donors (Lipinski definition) is 0. The third kappa shape index (κ3) is 2.65. The lowest BCUT2D eigenvalue weighted by Crippen LogP contribution is -2.41. The number of carbonyl (C=O) groups excluding carboxylic acids is 1. The summed E-state index contributed by atoms with van der Waals surface area (Å²) in [6, 6.07) is 9.46. The van der Waals surface area contributed by atoms with Gasteiger partial charge in [-0.3, -0.25) is 14.2 Å². The van der Waals surface area contributed by atoms with E-state index in [1.807, 2.05) is 37.3 Å². The van der Waals surface area contributed by atoms with Gasteiger partial charge in [0, 0.05) is 11.6 Å². The molecule has 0 N–H and O–H groups in total. The van der Waals surface area contributed by atoms with E-state index in [9.17, 15) is 9.59 Å². The first-order valence-electron chi connectivity index (χ1n) is 8.88. The van der Waals surface area contributed by atoms with Gasteiger partial charge in [0.25, 0.3) is 5.56 Å². The zero-order chi connectivity index (χ0) is 19.3. The topological polar surface area (TPSA) is 77.3 Å². The first-order chi connectivity index (χ1) is 13.6. The highest BCUT2D eigenvalue weighted by atomic mass is 32.1. The fourth-order valence-corrected chi connectivity index (χ4v) is 4.48. The summed E-state index contributed by atoms with van der Waals surface area (Å²) in [5.74, 6) is 0.513. The van der Waals surface area contributed by atoms with Crippen molar-refractivity contribution in [2.45, 2.75) is 13.5 Å². The van der Waals surface area contributed by atoms with E-state index < -0.39 is 0 Å². The van der Waals surface area contributed by atoms with Gasteiger partial charge in [0.15, 0.2) is 0 Å². The van der Waals surface area contributed by atoms with E-state index >= 15 is 0 Å². The number of thiophene rings is 1. The van der Waals surface area contributed by atoms with Crippen molar-refractivity contribution in [1.29, 1.82) is 0 Å². The number of hydrogen-bond acceptors (Lipinski definition) is 6. The molecule has 0 radical (unpaired) electrons. The van der Waals surface area contributed by atoms with Crippen LogP contribution in [0.25, 0.3) is 20.4 Å². The van der Waals surface area contributed by atoms with E-state index in [2.05, 4.69) is 9.97 Å². The number of carbonyl (C=O) groups is 1. The maximum atomic E-state index is 13.0. The highest BCUT2D eigenvalue weighted by Gasteiger charge is 2.24. The number of pyridine rings is 1. The number of anilines is 1. The summed E-state index contributed by atoms with van der Waals surface area (Å²) in [7, 11) is 0. The lowest BCUT2D eigenvalue weighted by Gasteiger charge is -2.30. The van der Waals surface area contributed by atoms with Crippen LogP contribution in [0.2, 0.25) is 0 Å². The third-order valence-corrected chi connectivity index (χ3v) is 5.90. The van der Waals surface area contributed by atoms with Crippen LogP contribution in [0.15, 0.2) is 47.7 Å². The van der Waals surface area contributed by atoms with Crippen LogP contribution >= 0.6 is 11.3 Å². The smallest absolute Gasteiger partial charge is 0.271 e. The molecule has 0 saturated heterocycles. The largest absolute Gasteiger partial charge is 0.490 e. The molecule has 0 saturated carbocycles. The van der Waals surface area contributed by atoms with Crippen LogP contribution in [0, 0.1) is 6.92 Å². The minimum Gasteiger partial charge on any atom is -0.490 e. The maximum Gasteiger partial charge on any atom is 0.271 e. The van der Waals surface area contributed by atoms with Crippen molar-refractivity contribution in [3.05, 3.63) is 58.8 Å². The molecule has 0 aliphatic carbocycles. The average Bonchev–Trinajstić information content (AvgIpc) is 3.09. The Labute approximate surface area is 163 Å². The molecule has 0 fully saturated rings. The van der Waals surface area contributed by atoms with E-state index in [1.54, 1.807) is 11.1 Å². The van der Waals surface area contributed by atoms with Gasteiger partial charge >= 0.3 is 0 Å². The maximum absolute atomic E-state index is 13.0. The quantitative estimate of drug-likeness (QED) is 0.524. The second-order valence-corrected chi connectivity index (χ2v) is 7.68. The average molecular weight is 392 g/mol. The third-order valence-electron chi connectivity index (χ3n) is 4.81. The van der Waals surface area contributed by atoms with Crippen molar-refractivity contribution < 1.29 is 9.53 Å². The van der Waals surface area contributed by atoms with Gasteiger partial charge in [0.05, 0.1) is 24.1 Å².